The number of nitrogens with zero attached hydrogens (tertiary/aromatic N) is 1. The van der Waals surface area contributed by atoms with Crippen LogP contribution in [0.4, 0.5) is 0 Å². The van der Waals surface area contributed by atoms with Crippen molar-refractivity contribution in [2.75, 3.05) is 13.1 Å². The highest BCUT2D eigenvalue weighted by Gasteiger charge is 2.32. The largest absolute Gasteiger partial charge is 0.390 e. The predicted molar refractivity (Wildman–Crippen MR) is 53.6 cm³/mol. The summed E-state index contributed by atoms with van der Waals surface area (Å²) >= 11 is 0. The van der Waals surface area contributed by atoms with E-state index < -0.39 is 0 Å². The van der Waals surface area contributed by atoms with Crippen molar-refractivity contribution in [2.45, 2.75) is 51.2 Å². The van der Waals surface area contributed by atoms with Crippen LogP contribution >= 0.6 is 0 Å². The quantitative estimate of drug-likeness (QED) is 0.703. The Morgan fingerprint density at radius 2 is 1.77 bits per heavy atom. The van der Waals surface area contributed by atoms with Gasteiger partial charge in [0.25, 0.3) is 0 Å². The zero-order valence-electron chi connectivity index (χ0n) is 8.58. The lowest BCUT2D eigenvalue weighted by Crippen LogP contribution is -2.56. The van der Waals surface area contributed by atoms with Crippen LogP contribution < -0.4 is 0 Å². The van der Waals surface area contributed by atoms with Gasteiger partial charge in [-0.15, -0.1) is 0 Å². The summed E-state index contributed by atoms with van der Waals surface area (Å²) in [6.07, 6.45) is 6.89. The number of rotatable bonds is 2. The van der Waals surface area contributed by atoms with Gasteiger partial charge < -0.3 is 5.11 Å². The van der Waals surface area contributed by atoms with Crippen LogP contribution in [0.2, 0.25) is 0 Å². The minimum Gasteiger partial charge on any atom is -0.390 e. The van der Waals surface area contributed by atoms with Crippen LogP contribution in [0.3, 0.4) is 0 Å². The van der Waals surface area contributed by atoms with Crippen molar-refractivity contribution in [1.29, 1.82) is 0 Å². The Morgan fingerprint density at radius 1 is 1.15 bits per heavy atom. The van der Waals surface area contributed by atoms with Crippen LogP contribution in [-0.2, 0) is 0 Å². The lowest BCUT2D eigenvalue weighted by molar-refractivity contribution is -0.0366. The molecule has 0 atom stereocenters. The molecule has 0 unspecified atom stereocenters. The zero-order chi connectivity index (χ0) is 9.26. The Hall–Kier alpha value is -0.0800. The third kappa shape index (κ3) is 2.05. The second kappa shape index (κ2) is 3.97. The van der Waals surface area contributed by atoms with Crippen molar-refractivity contribution in [3.05, 3.63) is 0 Å². The second-order valence-corrected chi connectivity index (χ2v) is 4.69. The van der Waals surface area contributed by atoms with E-state index in [1.807, 2.05) is 0 Å². The summed E-state index contributed by atoms with van der Waals surface area (Å²) in [5.41, 5.74) is 0. The zero-order valence-corrected chi connectivity index (χ0v) is 8.58. The maximum absolute atomic E-state index is 9.21. The fourth-order valence-corrected chi connectivity index (χ4v) is 2.70. The van der Waals surface area contributed by atoms with Crippen LogP contribution in [0.25, 0.3) is 0 Å². The summed E-state index contributed by atoms with van der Waals surface area (Å²) in [6, 6.07) is 0.797. The SMILES string of the molecule is CCC1CCC(N2CC(O)C2)CC1. The molecule has 1 N–H and O–H groups in total. The summed E-state index contributed by atoms with van der Waals surface area (Å²) < 4.78 is 0. The van der Waals surface area contributed by atoms with Gasteiger partial charge in [-0.05, 0) is 31.6 Å². The number of hydrogen-bond donors (Lipinski definition) is 1. The van der Waals surface area contributed by atoms with Gasteiger partial charge in [0.05, 0.1) is 6.10 Å². The third-order valence-electron chi connectivity index (χ3n) is 3.80. The molecule has 0 bridgehead atoms. The molecule has 1 aliphatic carbocycles. The van der Waals surface area contributed by atoms with Crippen molar-refractivity contribution in [1.82, 2.24) is 4.90 Å². The molecule has 2 nitrogen and oxygen atoms in total. The summed E-state index contributed by atoms with van der Waals surface area (Å²) in [4.78, 5) is 2.45. The van der Waals surface area contributed by atoms with Crippen LogP contribution in [0.15, 0.2) is 0 Å². The van der Waals surface area contributed by atoms with Gasteiger partial charge in [-0.2, -0.15) is 0 Å². The van der Waals surface area contributed by atoms with Crippen molar-refractivity contribution >= 4 is 0 Å². The highest BCUT2D eigenvalue weighted by Crippen LogP contribution is 2.31. The van der Waals surface area contributed by atoms with Gasteiger partial charge in [-0.3, -0.25) is 4.90 Å². The monoisotopic (exact) mass is 183 g/mol. The molecule has 2 rings (SSSR count). The fraction of sp³-hybridized carbons (Fsp3) is 1.00. The van der Waals surface area contributed by atoms with Gasteiger partial charge in [0.1, 0.15) is 0 Å². The molecule has 0 amide bonds. The Kier molecular flexibility index (Phi) is 2.89. The smallest absolute Gasteiger partial charge is 0.0794 e. The molecule has 2 heteroatoms. The van der Waals surface area contributed by atoms with Crippen LogP contribution in [0.1, 0.15) is 39.0 Å². The number of aliphatic hydroxyl groups is 1. The molecule has 2 aliphatic rings. The molecule has 0 spiro atoms. The first-order valence-corrected chi connectivity index (χ1v) is 5.71. The number of hydrogen-bond acceptors (Lipinski definition) is 2. The Balaban J connectivity index is 1.72. The first kappa shape index (κ1) is 9.47. The maximum Gasteiger partial charge on any atom is 0.0794 e. The van der Waals surface area contributed by atoms with Gasteiger partial charge in [-0.25, -0.2) is 0 Å². The molecule has 0 aromatic rings. The molecule has 1 saturated heterocycles. The van der Waals surface area contributed by atoms with Crippen molar-refractivity contribution in [3.8, 4) is 0 Å². The summed E-state index contributed by atoms with van der Waals surface area (Å²) in [6.45, 7) is 4.17. The Labute approximate surface area is 80.9 Å². The molecule has 0 radical (unpaired) electrons. The van der Waals surface area contributed by atoms with Crippen molar-refractivity contribution < 1.29 is 5.11 Å². The Morgan fingerprint density at radius 3 is 2.23 bits per heavy atom. The van der Waals surface area contributed by atoms with Gasteiger partial charge >= 0.3 is 0 Å². The average Bonchev–Trinajstić information content (AvgIpc) is 2.13. The predicted octanol–water partition coefficient (Wildman–Crippen LogP) is 1.63. The van der Waals surface area contributed by atoms with Crippen LogP contribution in [-0.4, -0.2) is 35.2 Å². The molecule has 0 aromatic carbocycles. The van der Waals surface area contributed by atoms with Crippen molar-refractivity contribution in [3.63, 3.8) is 0 Å². The minimum absolute atomic E-state index is 0.0242. The molecule has 1 saturated carbocycles. The van der Waals surface area contributed by atoms with E-state index in [1.54, 1.807) is 0 Å². The molecular formula is C11H21NO. The first-order chi connectivity index (χ1) is 6.29. The van der Waals surface area contributed by atoms with Gasteiger partial charge in [0, 0.05) is 19.1 Å². The van der Waals surface area contributed by atoms with E-state index in [9.17, 15) is 5.11 Å². The first-order valence-electron chi connectivity index (χ1n) is 5.71. The van der Waals surface area contributed by atoms with E-state index in [1.165, 1.54) is 32.1 Å². The molecule has 2 fully saturated rings. The summed E-state index contributed by atoms with van der Waals surface area (Å²) in [5.74, 6) is 0.988. The molecule has 1 heterocycles. The van der Waals surface area contributed by atoms with E-state index in [0.717, 1.165) is 25.0 Å². The van der Waals surface area contributed by atoms with Crippen molar-refractivity contribution in [2.24, 2.45) is 5.92 Å². The topological polar surface area (TPSA) is 23.5 Å². The minimum atomic E-state index is -0.0242. The van der Waals surface area contributed by atoms with Crippen LogP contribution in [0, 0.1) is 5.92 Å². The third-order valence-corrected chi connectivity index (χ3v) is 3.80. The number of likely N-dealkylation sites (tertiary alicyclic amines) is 1. The molecule has 13 heavy (non-hydrogen) atoms. The van der Waals surface area contributed by atoms with E-state index in [0.29, 0.717) is 0 Å². The number of aliphatic hydroxyl groups excluding tert-OH is 1. The molecule has 1 aliphatic heterocycles. The van der Waals surface area contributed by atoms with Gasteiger partial charge in [-0.1, -0.05) is 13.3 Å². The van der Waals surface area contributed by atoms with E-state index in [4.69, 9.17) is 0 Å². The molecule has 0 aromatic heterocycles. The lowest BCUT2D eigenvalue weighted by atomic mass is 9.83. The van der Waals surface area contributed by atoms with E-state index in [2.05, 4.69) is 11.8 Å². The lowest BCUT2D eigenvalue weighted by Gasteiger charge is -2.44. The fourth-order valence-electron chi connectivity index (χ4n) is 2.70. The number of β-amino-alcohol motifs (C(OH)–C–C–N with tert-alkyl or cyclic N) is 1. The van der Waals surface area contributed by atoms with Crippen LogP contribution in [0.5, 0.6) is 0 Å². The summed E-state index contributed by atoms with van der Waals surface area (Å²) in [5, 5.41) is 9.21. The highest BCUT2D eigenvalue weighted by atomic mass is 16.3. The van der Waals surface area contributed by atoms with Gasteiger partial charge in [0.15, 0.2) is 0 Å². The molecular weight excluding hydrogens is 162 g/mol. The van der Waals surface area contributed by atoms with Gasteiger partial charge in [0.2, 0.25) is 0 Å². The molecule has 76 valence electrons. The summed E-state index contributed by atoms with van der Waals surface area (Å²) in [7, 11) is 0. The van der Waals surface area contributed by atoms with E-state index in [-0.39, 0.29) is 6.10 Å². The second-order valence-electron chi connectivity index (χ2n) is 4.69. The standard InChI is InChI=1S/C11H21NO/c1-2-9-3-5-10(6-4-9)12-7-11(13)8-12/h9-11,13H,2-8H2,1H3. The Bertz CT molecular complexity index is 157. The highest BCUT2D eigenvalue weighted by molar-refractivity contribution is 4.87. The van der Waals surface area contributed by atoms with E-state index >= 15 is 0 Å². The normalized spacial score (nSPS) is 37.4. The maximum atomic E-state index is 9.21. The average molecular weight is 183 g/mol.